The average molecular weight is 277 g/mol. The Kier molecular flexibility index (Phi) is 7.92. The summed E-state index contributed by atoms with van der Waals surface area (Å²) < 4.78 is 0. The van der Waals surface area contributed by atoms with Gasteiger partial charge in [0, 0.05) is 12.2 Å². The molecule has 0 atom stereocenters. The summed E-state index contributed by atoms with van der Waals surface area (Å²) in [6, 6.07) is 8.02. The molecular formula is C16H27N3O. The largest absolute Gasteiger partial charge is 0.325 e. The van der Waals surface area contributed by atoms with Crippen molar-refractivity contribution >= 4 is 11.6 Å². The Bertz CT molecular complexity index is 402. The molecule has 0 heterocycles. The van der Waals surface area contributed by atoms with Crippen LogP contribution < -0.4 is 10.6 Å². The maximum Gasteiger partial charge on any atom is 0.238 e. The molecule has 0 aromatic heterocycles. The summed E-state index contributed by atoms with van der Waals surface area (Å²) in [5.74, 6) is 0.0189. The molecule has 1 aromatic carbocycles. The van der Waals surface area contributed by atoms with Crippen LogP contribution >= 0.6 is 0 Å². The number of carbonyl (C=O) groups is 1. The molecule has 0 saturated carbocycles. The lowest BCUT2D eigenvalue weighted by Gasteiger charge is -2.20. The number of rotatable bonds is 9. The molecule has 0 aliphatic heterocycles. The number of nitrogens with zero attached hydrogens (tertiary/aromatic N) is 1. The van der Waals surface area contributed by atoms with Crippen molar-refractivity contribution in [2.75, 3.05) is 31.5 Å². The topological polar surface area (TPSA) is 44.4 Å². The number of anilines is 1. The molecule has 0 bridgehead atoms. The Balaban J connectivity index is 2.62. The maximum absolute atomic E-state index is 11.9. The van der Waals surface area contributed by atoms with E-state index in [1.165, 1.54) is 5.56 Å². The van der Waals surface area contributed by atoms with Gasteiger partial charge in [0.05, 0.1) is 6.54 Å². The third kappa shape index (κ3) is 5.72. The van der Waals surface area contributed by atoms with Gasteiger partial charge in [-0.05, 0) is 37.7 Å². The summed E-state index contributed by atoms with van der Waals surface area (Å²) >= 11 is 0. The highest BCUT2D eigenvalue weighted by Gasteiger charge is 2.08. The Morgan fingerprint density at radius 1 is 1.15 bits per heavy atom. The van der Waals surface area contributed by atoms with Gasteiger partial charge in [-0.15, -0.1) is 0 Å². The zero-order valence-corrected chi connectivity index (χ0v) is 12.9. The summed E-state index contributed by atoms with van der Waals surface area (Å²) in [5, 5.41) is 6.11. The minimum absolute atomic E-state index is 0.0189. The van der Waals surface area contributed by atoms with E-state index < -0.39 is 0 Å². The first kappa shape index (κ1) is 16.7. The Morgan fingerprint density at radius 3 is 2.50 bits per heavy atom. The molecule has 20 heavy (non-hydrogen) atoms. The van der Waals surface area contributed by atoms with E-state index in [-0.39, 0.29) is 5.91 Å². The average Bonchev–Trinajstić information content (AvgIpc) is 2.46. The molecule has 0 radical (unpaired) electrons. The van der Waals surface area contributed by atoms with Crippen molar-refractivity contribution in [3.8, 4) is 0 Å². The Hall–Kier alpha value is -1.39. The van der Waals surface area contributed by atoms with Gasteiger partial charge in [0.15, 0.2) is 0 Å². The second kappa shape index (κ2) is 9.50. The van der Waals surface area contributed by atoms with Gasteiger partial charge < -0.3 is 10.6 Å². The third-order valence-electron chi connectivity index (χ3n) is 3.29. The molecule has 2 N–H and O–H groups in total. The van der Waals surface area contributed by atoms with E-state index in [2.05, 4.69) is 42.4 Å². The second-order valence-corrected chi connectivity index (χ2v) is 4.84. The Labute approximate surface area is 122 Å². The van der Waals surface area contributed by atoms with Crippen LogP contribution in [-0.4, -0.2) is 37.0 Å². The van der Waals surface area contributed by atoms with E-state index in [4.69, 9.17) is 0 Å². The van der Waals surface area contributed by atoms with Crippen LogP contribution in [0.1, 0.15) is 32.8 Å². The van der Waals surface area contributed by atoms with Gasteiger partial charge >= 0.3 is 0 Å². The fraction of sp³-hybridized carbons (Fsp3) is 0.562. The van der Waals surface area contributed by atoms with E-state index in [1.54, 1.807) is 0 Å². The number of nitrogens with one attached hydrogen (secondary N) is 2. The molecule has 0 aliphatic carbocycles. The molecule has 4 heteroatoms. The normalized spacial score (nSPS) is 10.8. The summed E-state index contributed by atoms with van der Waals surface area (Å²) in [4.78, 5) is 14.2. The van der Waals surface area contributed by atoms with Gasteiger partial charge in [-0.3, -0.25) is 9.69 Å². The van der Waals surface area contributed by atoms with Crippen molar-refractivity contribution in [2.24, 2.45) is 0 Å². The van der Waals surface area contributed by atoms with Crippen LogP contribution in [0.3, 0.4) is 0 Å². The lowest BCUT2D eigenvalue weighted by molar-refractivity contribution is -0.115. The first-order chi connectivity index (χ1) is 9.71. The highest BCUT2D eigenvalue weighted by molar-refractivity contribution is 5.92. The fourth-order valence-corrected chi connectivity index (χ4v) is 2.04. The zero-order chi connectivity index (χ0) is 14.8. The van der Waals surface area contributed by atoms with Gasteiger partial charge in [-0.1, -0.05) is 39.0 Å². The minimum Gasteiger partial charge on any atom is -0.325 e. The maximum atomic E-state index is 11.9. The second-order valence-electron chi connectivity index (χ2n) is 4.84. The van der Waals surface area contributed by atoms with Crippen molar-refractivity contribution in [3.63, 3.8) is 0 Å². The van der Waals surface area contributed by atoms with Crippen LogP contribution in [0.4, 0.5) is 5.69 Å². The van der Waals surface area contributed by atoms with Crippen LogP contribution in [0.25, 0.3) is 0 Å². The quantitative estimate of drug-likeness (QED) is 0.682. The number of para-hydroxylation sites is 1. The standard InChI is InChI=1S/C16H27N3O/c1-4-11-17-12-16(20)18-15-10-8-7-9-14(15)13-19(5-2)6-3/h7-10,17H,4-6,11-13H2,1-3H3,(H,18,20). The molecule has 4 nitrogen and oxygen atoms in total. The first-order valence-electron chi connectivity index (χ1n) is 7.52. The summed E-state index contributed by atoms with van der Waals surface area (Å²) in [6.45, 7) is 10.5. The SMILES string of the molecule is CCCNCC(=O)Nc1ccccc1CN(CC)CC. The molecular weight excluding hydrogens is 250 g/mol. The molecule has 1 rings (SSSR count). The summed E-state index contributed by atoms with van der Waals surface area (Å²) in [6.07, 6.45) is 1.03. The van der Waals surface area contributed by atoms with Gasteiger partial charge in [0.1, 0.15) is 0 Å². The molecule has 0 fully saturated rings. The van der Waals surface area contributed by atoms with Gasteiger partial charge in [-0.25, -0.2) is 0 Å². The lowest BCUT2D eigenvalue weighted by atomic mass is 10.1. The molecule has 0 saturated heterocycles. The van der Waals surface area contributed by atoms with Crippen LogP contribution in [0, 0.1) is 0 Å². The summed E-state index contributed by atoms with van der Waals surface area (Å²) in [7, 11) is 0. The van der Waals surface area contributed by atoms with Crippen LogP contribution in [0.2, 0.25) is 0 Å². The monoisotopic (exact) mass is 277 g/mol. The van der Waals surface area contributed by atoms with Crippen LogP contribution in [0.15, 0.2) is 24.3 Å². The molecule has 1 amide bonds. The fourth-order valence-electron chi connectivity index (χ4n) is 2.04. The highest BCUT2D eigenvalue weighted by Crippen LogP contribution is 2.17. The summed E-state index contributed by atoms with van der Waals surface area (Å²) in [5.41, 5.74) is 2.09. The molecule has 112 valence electrons. The van der Waals surface area contributed by atoms with E-state index in [0.717, 1.165) is 38.3 Å². The predicted molar refractivity (Wildman–Crippen MR) is 84.9 cm³/mol. The van der Waals surface area contributed by atoms with Crippen LogP contribution in [0.5, 0.6) is 0 Å². The van der Waals surface area contributed by atoms with Crippen molar-refractivity contribution < 1.29 is 4.79 Å². The van der Waals surface area contributed by atoms with E-state index in [9.17, 15) is 4.79 Å². The first-order valence-corrected chi connectivity index (χ1v) is 7.52. The van der Waals surface area contributed by atoms with Gasteiger partial charge in [-0.2, -0.15) is 0 Å². The van der Waals surface area contributed by atoms with E-state index >= 15 is 0 Å². The smallest absolute Gasteiger partial charge is 0.238 e. The van der Waals surface area contributed by atoms with Gasteiger partial charge in [0.25, 0.3) is 0 Å². The number of carbonyl (C=O) groups excluding carboxylic acids is 1. The molecule has 0 aliphatic rings. The number of amides is 1. The third-order valence-corrected chi connectivity index (χ3v) is 3.29. The van der Waals surface area contributed by atoms with Crippen LogP contribution in [-0.2, 0) is 11.3 Å². The van der Waals surface area contributed by atoms with Crippen molar-refractivity contribution in [3.05, 3.63) is 29.8 Å². The van der Waals surface area contributed by atoms with E-state index in [0.29, 0.717) is 6.54 Å². The van der Waals surface area contributed by atoms with Gasteiger partial charge in [0.2, 0.25) is 5.91 Å². The molecule has 1 aromatic rings. The zero-order valence-electron chi connectivity index (χ0n) is 12.9. The number of benzene rings is 1. The van der Waals surface area contributed by atoms with E-state index in [1.807, 2.05) is 18.2 Å². The lowest BCUT2D eigenvalue weighted by Crippen LogP contribution is -2.29. The van der Waals surface area contributed by atoms with Crippen molar-refractivity contribution in [1.82, 2.24) is 10.2 Å². The highest BCUT2D eigenvalue weighted by atomic mass is 16.1. The number of hydrogen-bond acceptors (Lipinski definition) is 3. The number of hydrogen-bond donors (Lipinski definition) is 2. The predicted octanol–water partition coefficient (Wildman–Crippen LogP) is 2.47. The molecule has 0 unspecified atom stereocenters. The Morgan fingerprint density at radius 2 is 1.85 bits per heavy atom. The molecule has 0 spiro atoms. The van der Waals surface area contributed by atoms with Crippen molar-refractivity contribution in [1.29, 1.82) is 0 Å². The minimum atomic E-state index is 0.0189. The van der Waals surface area contributed by atoms with Crippen molar-refractivity contribution in [2.45, 2.75) is 33.7 Å².